The number of Topliss-reactive ketones (excluding diaryl/α,β-unsaturated/α-hetero) is 1. The Labute approximate surface area is 283 Å². The van der Waals surface area contributed by atoms with Crippen molar-refractivity contribution >= 4 is 17.6 Å². The highest BCUT2D eigenvalue weighted by molar-refractivity contribution is 6.09. The molecule has 1 aliphatic carbocycles. The number of aromatic hydroxyl groups is 7. The first-order chi connectivity index (χ1) is 23.3. The van der Waals surface area contributed by atoms with Gasteiger partial charge in [0.1, 0.15) is 40.2 Å². The lowest BCUT2D eigenvalue weighted by molar-refractivity contribution is 0.0877. The van der Waals surface area contributed by atoms with Gasteiger partial charge in [0.25, 0.3) is 0 Å². The maximum absolute atomic E-state index is 14.7. The topological polar surface area (TPSA) is 176 Å². The largest absolute Gasteiger partial charge is 0.508 e. The third kappa shape index (κ3) is 7.16. The molecule has 0 aromatic heterocycles. The standard InChI is InChI=1S/C40H38O9/c1-21(2)4-12-27-33(44)16-14-29(38(27)47)40(49)36-30(23-5-9-25(41)10-6-23)18-22(3)19-31(36)37-34(45)17-13-28(39(37)48)32(43)15-8-24-7-11-26(42)20-35(24)46/h4-11,13-17,19-20,30-31,36,41-42,44-48H,12,18H2,1-3H3/t30-,31+,36-/m0/s1. The van der Waals surface area contributed by atoms with Gasteiger partial charge in [0.15, 0.2) is 11.6 Å². The van der Waals surface area contributed by atoms with Crippen molar-refractivity contribution in [3.05, 3.63) is 129 Å². The van der Waals surface area contributed by atoms with Crippen LogP contribution in [0.3, 0.4) is 0 Å². The van der Waals surface area contributed by atoms with Crippen LogP contribution in [0.2, 0.25) is 0 Å². The average molecular weight is 663 g/mol. The van der Waals surface area contributed by atoms with Crippen LogP contribution in [0.1, 0.15) is 82.0 Å². The predicted molar refractivity (Wildman–Crippen MR) is 186 cm³/mol. The Morgan fingerprint density at radius 2 is 1.41 bits per heavy atom. The van der Waals surface area contributed by atoms with Crippen molar-refractivity contribution in [2.45, 2.75) is 45.4 Å². The molecule has 1 aliphatic rings. The lowest BCUT2D eigenvalue weighted by Crippen LogP contribution is -2.31. The number of hydrogen-bond acceptors (Lipinski definition) is 9. The van der Waals surface area contributed by atoms with Gasteiger partial charge in [-0.3, -0.25) is 9.59 Å². The summed E-state index contributed by atoms with van der Waals surface area (Å²) in [6, 6.07) is 15.5. The van der Waals surface area contributed by atoms with Crippen molar-refractivity contribution in [1.29, 1.82) is 0 Å². The minimum Gasteiger partial charge on any atom is -0.508 e. The van der Waals surface area contributed by atoms with E-state index in [0.29, 0.717) is 12.0 Å². The lowest BCUT2D eigenvalue weighted by atomic mass is 9.65. The number of phenolic OH excluding ortho intramolecular Hbond substituents is 7. The molecule has 0 heterocycles. The van der Waals surface area contributed by atoms with E-state index in [-0.39, 0.29) is 68.7 Å². The molecule has 9 nitrogen and oxygen atoms in total. The first kappa shape index (κ1) is 34.4. The molecule has 252 valence electrons. The van der Waals surface area contributed by atoms with Crippen LogP contribution >= 0.6 is 0 Å². The summed E-state index contributed by atoms with van der Waals surface area (Å²) in [6.45, 7) is 5.60. The smallest absolute Gasteiger partial charge is 0.189 e. The Bertz CT molecular complexity index is 2010. The van der Waals surface area contributed by atoms with Crippen LogP contribution in [0.5, 0.6) is 40.2 Å². The molecule has 0 radical (unpaired) electrons. The molecule has 0 unspecified atom stereocenters. The zero-order valence-electron chi connectivity index (χ0n) is 27.3. The average Bonchev–Trinajstić information content (AvgIpc) is 3.04. The highest BCUT2D eigenvalue weighted by Crippen LogP contribution is 2.52. The third-order valence-corrected chi connectivity index (χ3v) is 8.91. The molecule has 0 saturated heterocycles. The van der Waals surface area contributed by atoms with Crippen molar-refractivity contribution in [2.24, 2.45) is 5.92 Å². The van der Waals surface area contributed by atoms with E-state index in [4.69, 9.17) is 0 Å². The monoisotopic (exact) mass is 662 g/mol. The Morgan fingerprint density at radius 3 is 2.08 bits per heavy atom. The number of carbonyl (C=O) groups excluding carboxylic acids is 2. The van der Waals surface area contributed by atoms with Gasteiger partial charge in [0.05, 0.1) is 11.1 Å². The Morgan fingerprint density at radius 1 is 0.755 bits per heavy atom. The maximum Gasteiger partial charge on any atom is 0.189 e. The van der Waals surface area contributed by atoms with Gasteiger partial charge >= 0.3 is 0 Å². The van der Waals surface area contributed by atoms with E-state index in [1.54, 1.807) is 18.2 Å². The number of benzene rings is 4. The number of hydrogen-bond donors (Lipinski definition) is 7. The van der Waals surface area contributed by atoms with Crippen LogP contribution in [0.4, 0.5) is 0 Å². The molecule has 0 bridgehead atoms. The highest BCUT2D eigenvalue weighted by atomic mass is 16.3. The van der Waals surface area contributed by atoms with Gasteiger partial charge in [-0.2, -0.15) is 0 Å². The Balaban J connectivity index is 1.65. The van der Waals surface area contributed by atoms with Crippen molar-refractivity contribution < 1.29 is 45.3 Å². The fourth-order valence-corrected chi connectivity index (χ4v) is 6.42. The number of phenols is 7. The summed E-state index contributed by atoms with van der Waals surface area (Å²) in [5.74, 6) is -5.55. The first-order valence-electron chi connectivity index (χ1n) is 15.7. The van der Waals surface area contributed by atoms with Crippen molar-refractivity contribution in [2.75, 3.05) is 0 Å². The van der Waals surface area contributed by atoms with Gasteiger partial charge in [-0.05, 0) is 106 Å². The van der Waals surface area contributed by atoms with Crippen LogP contribution in [0, 0.1) is 5.92 Å². The van der Waals surface area contributed by atoms with E-state index in [0.717, 1.165) is 23.3 Å². The Kier molecular flexibility index (Phi) is 9.84. The second kappa shape index (κ2) is 14.0. The third-order valence-electron chi connectivity index (χ3n) is 8.91. The molecule has 4 aromatic rings. The van der Waals surface area contributed by atoms with E-state index >= 15 is 0 Å². The molecule has 0 spiro atoms. The molecule has 0 fully saturated rings. The first-order valence-corrected chi connectivity index (χ1v) is 15.7. The van der Waals surface area contributed by atoms with E-state index in [2.05, 4.69) is 0 Å². The molecule has 0 saturated carbocycles. The van der Waals surface area contributed by atoms with Crippen LogP contribution < -0.4 is 0 Å². The van der Waals surface area contributed by atoms with Crippen LogP contribution in [0.25, 0.3) is 6.08 Å². The van der Waals surface area contributed by atoms with Gasteiger partial charge < -0.3 is 35.7 Å². The molecule has 7 N–H and O–H groups in total. The molecule has 5 rings (SSSR count). The normalized spacial score (nSPS) is 17.4. The van der Waals surface area contributed by atoms with Gasteiger partial charge in [-0.15, -0.1) is 0 Å². The van der Waals surface area contributed by atoms with Crippen LogP contribution in [-0.2, 0) is 6.42 Å². The predicted octanol–water partition coefficient (Wildman–Crippen LogP) is 7.75. The van der Waals surface area contributed by atoms with Crippen molar-refractivity contribution in [3.63, 3.8) is 0 Å². The summed E-state index contributed by atoms with van der Waals surface area (Å²) < 4.78 is 0. The lowest BCUT2D eigenvalue weighted by Gasteiger charge is -2.37. The maximum atomic E-state index is 14.7. The fraction of sp³-hybridized carbons (Fsp3) is 0.200. The minimum absolute atomic E-state index is 0.0292. The number of rotatable bonds is 9. The van der Waals surface area contributed by atoms with E-state index in [1.807, 2.05) is 26.8 Å². The second-order valence-corrected chi connectivity index (χ2v) is 12.6. The quantitative estimate of drug-likeness (QED) is 0.0537. The molecular weight excluding hydrogens is 624 g/mol. The summed E-state index contributed by atoms with van der Waals surface area (Å²) in [5.41, 5.74) is 2.63. The molecular formula is C40H38O9. The fourth-order valence-electron chi connectivity index (χ4n) is 6.42. The summed E-state index contributed by atoms with van der Waals surface area (Å²) in [6.07, 6.45) is 6.61. The van der Waals surface area contributed by atoms with E-state index in [1.165, 1.54) is 54.6 Å². The summed E-state index contributed by atoms with van der Waals surface area (Å²) in [7, 11) is 0. The molecule has 9 heteroatoms. The SMILES string of the molecule is CC(C)=CCc1c(O)ccc(C(=O)[C@@H]2[C@H](c3c(O)ccc(C(=O)C=Cc4ccc(O)cc4O)c3O)C=C(C)C[C@H]2c2ccc(O)cc2)c1O. The zero-order chi connectivity index (χ0) is 35.6. The van der Waals surface area contributed by atoms with Crippen molar-refractivity contribution in [3.8, 4) is 40.2 Å². The van der Waals surface area contributed by atoms with E-state index in [9.17, 15) is 45.3 Å². The highest BCUT2D eigenvalue weighted by Gasteiger charge is 2.43. The van der Waals surface area contributed by atoms with Crippen LogP contribution in [-0.4, -0.2) is 47.3 Å². The molecule has 0 amide bonds. The summed E-state index contributed by atoms with van der Waals surface area (Å²) in [5, 5.41) is 74.5. The summed E-state index contributed by atoms with van der Waals surface area (Å²) in [4.78, 5) is 28.1. The molecule has 4 aromatic carbocycles. The van der Waals surface area contributed by atoms with Crippen LogP contribution in [0.15, 0.2) is 96.1 Å². The van der Waals surface area contributed by atoms with Gasteiger partial charge in [0, 0.05) is 34.6 Å². The zero-order valence-corrected chi connectivity index (χ0v) is 27.3. The summed E-state index contributed by atoms with van der Waals surface area (Å²) >= 11 is 0. The molecule has 49 heavy (non-hydrogen) atoms. The number of carbonyl (C=O) groups is 2. The van der Waals surface area contributed by atoms with Gasteiger partial charge in [-0.1, -0.05) is 35.4 Å². The van der Waals surface area contributed by atoms with Crippen molar-refractivity contribution in [1.82, 2.24) is 0 Å². The molecule has 0 aliphatic heterocycles. The molecule has 3 atom stereocenters. The Hall–Kier alpha value is -5.96. The number of allylic oxidation sites excluding steroid dienone is 5. The van der Waals surface area contributed by atoms with Gasteiger partial charge in [0.2, 0.25) is 0 Å². The minimum atomic E-state index is -1.02. The number of ketones is 2. The second-order valence-electron chi connectivity index (χ2n) is 12.6. The van der Waals surface area contributed by atoms with Gasteiger partial charge in [-0.25, -0.2) is 0 Å². The van der Waals surface area contributed by atoms with E-state index < -0.39 is 35.1 Å².